The molecule has 0 bridgehead atoms. The Morgan fingerprint density at radius 2 is 2.08 bits per heavy atom. The highest BCUT2D eigenvalue weighted by Crippen LogP contribution is 2.18. The van der Waals surface area contributed by atoms with Crippen molar-refractivity contribution in [1.29, 1.82) is 0 Å². The van der Waals surface area contributed by atoms with E-state index in [0.29, 0.717) is 5.78 Å². The van der Waals surface area contributed by atoms with E-state index < -0.39 is 0 Å². The van der Waals surface area contributed by atoms with Crippen LogP contribution in [0.3, 0.4) is 0 Å². The quantitative estimate of drug-likeness (QED) is 0.648. The smallest absolute Gasteiger partial charge is 0.158 e. The van der Waals surface area contributed by atoms with Crippen LogP contribution in [-0.2, 0) is 4.79 Å². The molecular formula is C12H20O. The third-order valence-electron chi connectivity index (χ3n) is 2.63. The number of hydrogen-bond donors (Lipinski definition) is 0. The van der Waals surface area contributed by atoms with Crippen LogP contribution in [0.15, 0.2) is 11.6 Å². The first-order chi connectivity index (χ1) is 6.34. The van der Waals surface area contributed by atoms with Gasteiger partial charge in [-0.2, -0.15) is 0 Å². The zero-order chi connectivity index (χ0) is 9.52. The Kier molecular flexibility index (Phi) is 4.81. The summed E-state index contributed by atoms with van der Waals surface area (Å²) in [7, 11) is 0. The Labute approximate surface area is 81.2 Å². The first-order valence-corrected chi connectivity index (χ1v) is 5.57. The lowest BCUT2D eigenvalue weighted by Gasteiger charge is -2.09. The highest BCUT2D eigenvalue weighted by molar-refractivity contribution is 5.95. The SMILES string of the molecule is CCCC(=O)/C1=C/CCCCCC1. The van der Waals surface area contributed by atoms with Crippen LogP contribution in [0.5, 0.6) is 0 Å². The molecule has 0 saturated carbocycles. The molecule has 1 nitrogen and oxygen atoms in total. The Hall–Kier alpha value is -0.590. The van der Waals surface area contributed by atoms with Crippen LogP contribution in [0.1, 0.15) is 58.3 Å². The number of rotatable bonds is 3. The molecule has 0 spiro atoms. The van der Waals surface area contributed by atoms with Crippen molar-refractivity contribution in [2.24, 2.45) is 0 Å². The van der Waals surface area contributed by atoms with Crippen LogP contribution in [-0.4, -0.2) is 5.78 Å². The minimum atomic E-state index is 0.393. The van der Waals surface area contributed by atoms with E-state index in [4.69, 9.17) is 0 Å². The number of carbonyl (C=O) groups is 1. The molecule has 1 rings (SSSR count). The third kappa shape index (κ3) is 3.75. The van der Waals surface area contributed by atoms with Crippen LogP contribution in [0, 0.1) is 0 Å². The van der Waals surface area contributed by atoms with Crippen LogP contribution in [0.2, 0.25) is 0 Å². The van der Waals surface area contributed by atoms with Gasteiger partial charge in [0.2, 0.25) is 0 Å². The molecule has 0 aromatic rings. The molecular weight excluding hydrogens is 160 g/mol. The summed E-state index contributed by atoms with van der Waals surface area (Å²) >= 11 is 0. The fraction of sp³-hybridized carbons (Fsp3) is 0.750. The molecule has 0 radical (unpaired) electrons. The minimum Gasteiger partial charge on any atom is -0.295 e. The normalized spacial score (nSPS) is 22.7. The summed E-state index contributed by atoms with van der Waals surface area (Å²) in [5.41, 5.74) is 1.11. The van der Waals surface area contributed by atoms with Gasteiger partial charge in [0, 0.05) is 6.42 Å². The summed E-state index contributed by atoms with van der Waals surface area (Å²) in [6.07, 6.45) is 11.2. The molecule has 0 fully saturated rings. The van der Waals surface area contributed by atoms with Crippen molar-refractivity contribution in [3.05, 3.63) is 11.6 Å². The number of Topliss-reactive ketones (excluding diaryl/α,β-unsaturated/α-hetero) is 1. The van der Waals surface area contributed by atoms with Gasteiger partial charge < -0.3 is 0 Å². The maximum absolute atomic E-state index is 11.6. The number of allylic oxidation sites excluding steroid dienone is 2. The molecule has 1 heteroatoms. The number of hydrogen-bond acceptors (Lipinski definition) is 1. The molecule has 74 valence electrons. The molecule has 0 aromatic heterocycles. The maximum Gasteiger partial charge on any atom is 0.158 e. The lowest BCUT2D eigenvalue weighted by atomic mass is 9.96. The molecule has 0 amide bonds. The molecule has 0 saturated heterocycles. The minimum absolute atomic E-state index is 0.393. The van der Waals surface area contributed by atoms with Gasteiger partial charge in [0.1, 0.15) is 0 Å². The van der Waals surface area contributed by atoms with Crippen molar-refractivity contribution in [2.45, 2.75) is 58.3 Å². The second-order valence-corrected chi connectivity index (χ2v) is 3.86. The van der Waals surface area contributed by atoms with Gasteiger partial charge in [0.05, 0.1) is 0 Å². The van der Waals surface area contributed by atoms with Gasteiger partial charge in [-0.25, -0.2) is 0 Å². The monoisotopic (exact) mass is 180 g/mol. The molecule has 1 aliphatic carbocycles. The van der Waals surface area contributed by atoms with Gasteiger partial charge in [0.25, 0.3) is 0 Å². The average molecular weight is 180 g/mol. The second kappa shape index (κ2) is 5.95. The summed E-state index contributed by atoms with van der Waals surface area (Å²) in [6.45, 7) is 2.07. The maximum atomic E-state index is 11.6. The van der Waals surface area contributed by atoms with Crippen molar-refractivity contribution in [3.63, 3.8) is 0 Å². The lowest BCUT2D eigenvalue weighted by molar-refractivity contribution is -0.115. The van der Waals surface area contributed by atoms with E-state index >= 15 is 0 Å². The van der Waals surface area contributed by atoms with Crippen molar-refractivity contribution in [3.8, 4) is 0 Å². The summed E-state index contributed by atoms with van der Waals surface area (Å²) in [6, 6.07) is 0. The molecule has 0 N–H and O–H groups in total. The second-order valence-electron chi connectivity index (χ2n) is 3.86. The largest absolute Gasteiger partial charge is 0.295 e. The van der Waals surface area contributed by atoms with Gasteiger partial charge in [0.15, 0.2) is 5.78 Å². The number of carbonyl (C=O) groups excluding carboxylic acids is 1. The van der Waals surface area contributed by atoms with Gasteiger partial charge in [-0.15, -0.1) is 0 Å². The highest BCUT2D eigenvalue weighted by atomic mass is 16.1. The highest BCUT2D eigenvalue weighted by Gasteiger charge is 2.09. The zero-order valence-corrected chi connectivity index (χ0v) is 8.64. The summed E-state index contributed by atoms with van der Waals surface area (Å²) in [5.74, 6) is 0.393. The van der Waals surface area contributed by atoms with Crippen molar-refractivity contribution in [1.82, 2.24) is 0 Å². The fourth-order valence-corrected chi connectivity index (χ4v) is 1.83. The van der Waals surface area contributed by atoms with E-state index in [1.165, 1.54) is 25.7 Å². The van der Waals surface area contributed by atoms with E-state index in [9.17, 15) is 4.79 Å². The van der Waals surface area contributed by atoms with Crippen LogP contribution in [0.4, 0.5) is 0 Å². The first kappa shape index (κ1) is 10.5. The van der Waals surface area contributed by atoms with Crippen LogP contribution in [0.25, 0.3) is 0 Å². The standard InChI is InChI=1S/C12H20O/c1-2-8-12(13)11-9-6-4-3-5-7-10-11/h9H,2-8,10H2,1H3/b11-9+. The Morgan fingerprint density at radius 3 is 2.85 bits per heavy atom. The van der Waals surface area contributed by atoms with Crippen LogP contribution < -0.4 is 0 Å². The zero-order valence-electron chi connectivity index (χ0n) is 8.64. The third-order valence-corrected chi connectivity index (χ3v) is 2.63. The Morgan fingerprint density at radius 1 is 1.31 bits per heavy atom. The van der Waals surface area contributed by atoms with E-state index in [1.807, 2.05) is 0 Å². The summed E-state index contributed by atoms with van der Waals surface area (Å²) in [5, 5.41) is 0. The average Bonchev–Trinajstić information content (AvgIpc) is 2.03. The van der Waals surface area contributed by atoms with Gasteiger partial charge in [-0.3, -0.25) is 4.79 Å². The summed E-state index contributed by atoms with van der Waals surface area (Å²) in [4.78, 5) is 11.6. The van der Waals surface area contributed by atoms with Crippen molar-refractivity contribution < 1.29 is 4.79 Å². The van der Waals surface area contributed by atoms with E-state index in [1.54, 1.807) is 0 Å². The molecule has 0 aromatic carbocycles. The molecule has 1 aliphatic rings. The predicted molar refractivity (Wildman–Crippen MR) is 55.7 cm³/mol. The first-order valence-electron chi connectivity index (χ1n) is 5.57. The van der Waals surface area contributed by atoms with Crippen LogP contribution >= 0.6 is 0 Å². The van der Waals surface area contributed by atoms with Crippen molar-refractivity contribution >= 4 is 5.78 Å². The van der Waals surface area contributed by atoms with E-state index in [-0.39, 0.29) is 0 Å². The van der Waals surface area contributed by atoms with Crippen molar-refractivity contribution in [2.75, 3.05) is 0 Å². The van der Waals surface area contributed by atoms with Gasteiger partial charge >= 0.3 is 0 Å². The molecule has 0 atom stereocenters. The van der Waals surface area contributed by atoms with E-state index in [2.05, 4.69) is 13.0 Å². The fourth-order valence-electron chi connectivity index (χ4n) is 1.83. The summed E-state index contributed by atoms with van der Waals surface area (Å²) < 4.78 is 0. The molecule has 13 heavy (non-hydrogen) atoms. The lowest BCUT2D eigenvalue weighted by Crippen LogP contribution is -2.03. The number of ketones is 1. The Balaban J connectivity index is 2.48. The topological polar surface area (TPSA) is 17.1 Å². The van der Waals surface area contributed by atoms with Gasteiger partial charge in [-0.05, 0) is 37.7 Å². The molecule has 0 aliphatic heterocycles. The molecule has 0 heterocycles. The van der Waals surface area contributed by atoms with E-state index in [0.717, 1.165) is 31.3 Å². The Bertz CT molecular complexity index is 191. The molecule has 0 unspecified atom stereocenters. The predicted octanol–water partition coefficient (Wildman–Crippen LogP) is 3.64. The van der Waals surface area contributed by atoms with Gasteiger partial charge in [-0.1, -0.05) is 25.8 Å².